The lowest BCUT2D eigenvalue weighted by molar-refractivity contribution is 1.28. The SMILES string of the molecule is Cc1ccc(C)c(-c2cc(-c3ccc(-c4ccccc4)cc3)c(C#N)c(N)n2)c1. The van der Waals surface area contributed by atoms with Gasteiger partial charge in [-0.3, -0.25) is 0 Å². The van der Waals surface area contributed by atoms with Gasteiger partial charge in [0.1, 0.15) is 17.5 Å². The van der Waals surface area contributed by atoms with Crippen LogP contribution in [0.5, 0.6) is 0 Å². The van der Waals surface area contributed by atoms with Crippen molar-refractivity contribution >= 4 is 5.82 Å². The first-order chi connectivity index (χ1) is 14.1. The number of nitrogen functional groups attached to an aromatic ring is 1. The van der Waals surface area contributed by atoms with E-state index in [1.807, 2.05) is 36.4 Å². The zero-order chi connectivity index (χ0) is 20.4. The second-order valence-electron chi connectivity index (χ2n) is 7.19. The molecule has 0 aliphatic carbocycles. The second kappa shape index (κ2) is 7.61. The molecule has 0 radical (unpaired) electrons. The molecule has 1 aromatic heterocycles. The Hall–Kier alpha value is -3.90. The van der Waals surface area contributed by atoms with E-state index in [2.05, 4.69) is 67.4 Å². The lowest BCUT2D eigenvalue weighted by atomic mass is 9.95. The van der Waals surface area contributed by atoms with Gasteiger partial charge in [-0.1, -0.05) is 72.3 Å². The summed E-state index contributed by atoms with van der Waals surface area (Å²) < 4.78 is 0. The summed E-state index contributed by atoms with van der Waals surface area (Å²) in [5.74, 6) is 0.257. The van der Waals surface area contributed by atoms with E-state index in [0.717, 1.165) is 44.6 Å². The fourth-order valence-corrected chi connectivity index (χ4v) is 3.53. The van der Waals surface area contributed by atoms with Crippen molar-refractivity contribution in [2.45, 2.75) is 13.8 Å². The fraction of sp³-hybridized carbons (Fsp3) is 0.0769. The summed E-state index contributed by atoms with van der Waals surface area (Å²) >= 11 is 0. The van der Waals surface area contributed by atoms with E-state index in [-0.39, 0.29) is 5.82 Å². The zero-order valence-corrected chi connectivity index (χ0v) is 16.5. The third-order valence-electron chi connectivity index (χ3n) is 5.13. The Kier molecular flexibility index (Phi) is 4.85. The fourth-order valence-electron chi connectivity index (χ4n) is 3.53. The van der Waals surface area contributed by atoms with E-state index in [0.29, 0.717) is 5.56 Å². The van der Waals surface area contributed by atoms with E-state index in [1.165, 1.54) is 0 Å². The van der Waals surface area contributed by atoms with Crippen LogP contribution in [0.15, 0.2) is 78.9 Å². The van der Waals surface area contributed by atoms with Gasteiger partial charge in [-0.05, 0) is 48.2 Å². The van der Waals surface area contributed by atoms with Crippen molar-refractivity contribution in [3.05, 3.63) is 95.6 Å². The average Bonchev–Trinajstić information content (AvgIpc) is 2.75. The van der Waals surface area contributed by atoms with E-state index < -0.39 is 0 Å². The molecular formula is C26H21N3. The molecule has 3 nitrogen and oxygen atoms in total. The molecule has 0 aliphatic rings. The van der Waals surface area contributed by atoms with Gasteiger partial charge in [0.25, 0.3) is 0 Å². The molecule has 0 unspecified atom stereocenters. The first-order valence-corrected chi connectivity index (χ1v) is 9.51. The first kappa shape index (κ1) is 18.5. The number of aryl methyl sites for hydroxylation is 2. The largest absolute Gasteiger partial charge is 0.383 e. The molecule has 4 rings (SSSR count). The molecule has 3 heteroatoms. The van der Waals surface area contributed by atoms with Gasteiger partial charge in [0.15, 0.2) is 0 Å². The van der Waals surface area contributed by atoms with Gasteiger partial charge in [-0.15, -0.1) is 0 Å². The Morgan fingerprint density at radius 3 is 2.10 bits per heavy atom. The molecule has 140 valence electrons. The van der Waals surface area contributed by atoms with Crippen molar-refractivity contribution in [2.24, 2.45) is 0 Å². The minimum Gasteiger partial charge on any atom is -0.383 e. The van der Waals surface area contributed by atoms with Crippen LogP contribution in [-0.2, 0) is 0 Å². The normalized spacial score (nSPS) is 10.5. The summed E-state index contributed by atoms with van der Waals surface area (Å²) in [5.41, 5.74) is 14.7. The molecule has 2 N–H and O–H groups in total. The number of nitriles is 1. The summed E-state index contributed by atoms with van der Waals surface area (Å²) in [6, 6.07) is 28.9. The minimum atomic E-state index is 0.257. The summed E-state index contributed by atoms with van der Waals surface area (Å²) in [6.45, 7) is 4.11. The van der Waals surface area contributed by atoms with E-state index in [9.17, 15) is 5.26 Å². The molecule has 1 heterocycles. The number of rotatable bonds is 3. The van der Waals surface area contributed by atoms with Crippen LogP contribution in [0.25, 0.3) is 33.5 Å². The summed E-state index contributed by atoms with van der Waals surface area (Å²) in [7, 11) is 0. The van der Waals surface area contributed by atoms with Crippen molar-refractivity contribution in [2.75, 3.05) is 5.73 Å². The Labute approximate surface area is 171 Å². The summed E-state index contributed by atoms with van der Waals surface area (Å²) in [5, 5.41) is 9.68. The van der Waals surface area contributed by atoms with E-state index >= 15 is 0 Å². The molecule has 0 atom stereocenters. The maximum absolute atomic E-state index is 9.68. The highest BCUT2D eigenvalue weighted by Gasteiger charge is 2.15. The van der Waals surface area contributed by atoms with E-state index in [1.54, 1.807) is 0 Å². The number of hydrogen-bond acceptors (Lipinski definition) is 3. The maximum atomic E-state index is 9.68. The van der Waals surface area contributed by atoms with Gasteiger partial charge in [0.2, 0.25) is 0 Å². The second-order valence-corrected chi connectivity index (χ2v) is 7.19. The molecule has 4 aromatic rings. The Bertz CT molecular complexity index is 1220. The minimum absolute atomic E-state index is 0.257. The van der Waals surface area contributed by atoms with Crippen molar-refractivity contribution in [1.29, 1.82) is 5.26 Å². The highest BCUT2D eigenvalue weighted by Crippen LogP contribution is 2.33. The number of benzene rings is 3. The van der Waals surface area contributed by atoms with Gasteiger partial charge < -0.3 is 5.73 Å². The maximum Gasteiger partial charge on any atom is 0.142 e. The zero-order valence-electron chi connectivity index (χ0n) is 16.5. The monoisotopic (exact) mass is 375 g/mol. The van der Waals surface area contributed by atoms with Crippen molar-refractivity contribution in [3.8, 4) is 39.6 Å². The topological polar surface area (TPSA) is 62.7 Å². The number of nitrogens with two attached hydrogens (primary N) is 1. The highest BCUT2D eigenvalue weighted by atomic mass is 14.8. The van der Waals surface area contributed by atoms with Gasteiger partial charge in [0.05, 0.1) is 5.69 Å². The third-order valence-corrected chi connectivity index (χ3v) is 5.13. The van der Waals surface area contributed by atoms with Crippen molar-refractivity contribution in [3.63, 3.8) is 0 Å². The van der Waals surface area contributed by atoms with Gasteiger partial charge >= 0.3 is 0 Å². The predicted molar refractivity (Wildman–Crippen MR) is 119 cm³/mol. The van der Waals surface area contributed by atoms with Crippen LogP contribution >= 0.6 is 0 Å². The Balaban J connectivity index is 1.84. The number of anilines is 1. The third kappa shape index (κ3) is 3.61. The smallest absolute Gasteiger partial charge is 0.142 e. The Morgan fingerprint density at radius 2 is 1.41 bits per heavy atom. The molecule has 0 fully saturated rings. The van der Waals surface area contributed by atoms with Crippen LogP contribution in [0.3, 0.4) is 0 Å². The number of aromatic nitrogens is 1. The van der Waals surface area contributed by atoms with E-state index in [4.69, 9.17) is 5.73 Å². The lowest BCUT2D eigenvalue weighted by Gasteiger charge is -2.13. The molecule has 0 amide bonds. The first-order valence-electron chi connectivity index (χ1n) is 9.51. The van der Waals surface area contributed by atoms with Gasteiger partial charge in [0, 0.05) is 11.1 Å². The van der Waals surface area contributed by atoms with Crippen molar-refractivity contribution in [1.82, 2.24) is 4.98 Å². The average molecular weight is 375 g/mol. The van der Waals surface area contributed by atoms with Crippen LogP contribution in [0.1, 0.15) is 16.7 Å². The standard InChI is InChI=1S/C26H21N3/c1-17-8-9-18(2)22(14-17)25-15-23(24(16-27)26(28)29-25)21-12-10-20(11-13-21)19-6-4-3-5-7-19/h3-15H,1-2H3,(H2,28,29). The molecule has 0 saturated heterocycles. The van der Waals surface area contributed by atoms with Crippen LogP contribution in [0, 0.1) is 25.2 Å². The quantitative estimate of drug-likeness (QED) is 0.467. The molecular weight excluding hydrogens is 354 g/mol. The van der Waals surface area contributed by atoms with Crippen LogP contribution < -0.4 is 5.73 Å². The molecule has 0 aliphatic heterocycles. The molecule has 0 spiro atoms. The van der Waals surface area contributed by atoms with Crippen LogP contribution in [-0.4, -0.2) is 4.98 Å². The molecule has 3 aromatic carbocycles. The van der Waals surface area contributed by atoms with Crippen molar-refractivity contribution < 1.29 is 0 Å². The molecule has 29 heavy (non-hydrogen) atoms. The van der Waals surface area contributed by atoms with Gasteiger partial charge in [-0.25, -0.2) is 4.98 Å². The summed E-state index contributed by atoms with van der Waals surface area (Å²) in [6.07, 6.45) is 0. The summed E-state index contributed by atoms with van der Waals surface area (Å²) in [4.78, 5) is 4.52. The molecule has 0 bridgehead atoms. The van der Waals surface area contributed by atoms with Crippen LogP contribution in [0.2, 0.25) is 0 Å². The van der Waals surface area contributed by atoms with Crippen LogP contribution in [0.4, 0.5) is 5.82 Å². The lowest BCUT2D eigenvalue weighted by Crippen LogP contribution is -2.00. The van der Waals surface area contributed by atoms with Gasteiger partial charge in [-0.2, -0.15) is 5.26 Å². The predicted octanol–water partition coefficient (Wildman–Crippen LogP) is 6.15. The molecule has 0 saturated carbocycles. The number of hydrogen-bond donors (Lipinski definition) is 1. The number of nitrogens with zero attached hydrogens (tertiary/aromatic N) is 2. The number of pyridine rings is 1. The highest BCUT2D eigenvalue weighted by molar-refractivity contribution is 5.82. The Morgan fingerprint density at radius 1 is 0.759 bits per heavy atom.